The molecule has 3 heteroatoms. The van der Waals surface area contributed by atoms with Crippen LogP contribution in [-0.4, -0.2) is 35.1 Å². The summed E-state index contributed by atoms with van der Waals surface area (Å²) in [6, 6.07) is 8.64. The van der Waals surface area contributed by atoms with E-state index in [0.29, 0.717) is 6.54 Å². The SMILES string of the molecule is CC(O)C1CCN(C(=O)C2(c3ccc(C(C)(C)C)cc3)CC2)C1. The van der Waals surface area contributed by atoms with Gasteiger partial charge < -0.3 is 10.0 Å². The Morgan fingerprint density at radius 3 is 2.30 bits per heavy atom. The highest BCUT2D eigenvalue weighted by atomic mass is 16.3. The smallest absolute Gasteiger partial charge is 0.233 e. The van der Waals surface area contributed by atoms with Crippen LogP contribution in [0.3, 0.4) is 0 Å². The monoisotopic (exact) mass is 315 g/mol. The van der Waals surface area contributed by atoms with Gasteiger partial charge in [-0.1, -0.05) is 45.0 Å². The minimum atomic E-state index is -0.325. The second-order valence-electron chi connectivity index (χ2n) is 8.45. The quantitative estimate of drug-likeness (QED) is 0.930. The van der Waals surface area contributed by atoms with Crippen molar-refractivity contribution in [2.45, 2.75) is 63.9 Å². The van der Waals surface area contributed by atoms with Crippen molar-refractivity contribution in [2.75, 3.05) is 13.1 Å². The van der Waals surface area contributed by atoms with E-state index in [1.54, 1.807) is 0 Å². The normalized spacial score (nSPS) is 24.6. The van der Waals surface area contributed by atoms with Gasteiger partial charge in [0.1, 0.15) is 0 Å². The molecule has 1 aliphatic carbocycles. The summed E-state index contributed by atoms with van der Waals surface area (Å²) in [5.41, 5.74) is 2.32. The second-order valence-corrected chi connectivity index (χ2v) is 8.45. The van der Waals surface area contributed by atoms with Crippen molar-refractivity contribution >= 4 is 5.91 Å². The minimum absolute atomic E-state index is 0.138. The number of carbonyl (C=O) groups excluding carboxylic acids is 1. The number of aliphatic hydroxyl groups excluding tert-OH is 1. The molecule has 1 amide bonds. The predicted octanol–water partition coefficient (Wildman–Crippen LogP) is 3.25. The topological polar surface area (TPSA) is 40.5 Å². The van der Waals surface area contributed by atoms with Gasteiger partial charge in [-0.05, 0) is 42.7 Å². The van der Waals surface area contributed by atoms with Crippen LogP contribution in [0.5, 0.6) is 0 Å². The van der Waals surface area contributed by atoms with Crippen molar-refractivity contribution in [2.24, 2.45) is 5.92 Å². The summed E-state index contributed by atoms with van der Waals surface area (Å²) in [7, 11) is 0. The first-order valence-electron chi connectivity index (χ1n) is 8.82. The van der Waals surface area contributed by atoms with E-state index >= 15 is 0 Å². The third kappa shape index (κ3) is 3.03. The highest BCUT2D eigenvalue weighted by molar-refractivity contribution is 5.91. The minimum Gasteiger partial charge on any atom is -0.393 e. The zero-order chi connectivity index (χ0) is 16.8. The van der Waals surface area contributed by atoms with E-state index in [4.69, 9.17) is 0 Å². The van der Waals surface area contributed by atoms with Crippen LogP contribution in [0, 0.1) is 5.92 Å². The summed E-state index contributed by atoms with van der Waals surface area (Å²) in [6.07, 6.45) is 2.50. The van der Waals surface area contributed by atoms with Crippen molar-refractivity contribution in [3.05, 3.63) is 35.4 Å². The molecule has 1 saturated heterocycles. The third-order valence-electron chi connectivity index (χ3n) is 5.66. The van der Waals surface area contributed by atoms with Crippen LogP contribution < -0.4 is 0 Å². The molecule has 0 radical (unpaired) electrons. The molecule has 2 atom stereocenters. The molecule has 2 aliphatic rings. The molecule has 2 fully saturated rings. The Hall–Kier alpha value is -1.35. The van der Waals surface area contributed by atoms with Gasteiger partial charge in [-0.15, -0.1) is 0 Å². The molecule has 1 aliphatic heterocycles. The summed E-state index contributed by atoms with van der Waals surface area (Å²) in [5.74, 6) is 0.502. The number of hydrogen-bond donors (Lipinski definition) is 1. The molecular formula is C20H29NO2. The fourth-order valence-corrected chi connectivity index (χ4v) is 3.71. The third-order valence-corrected chi connectivity index (χ3v) is 5.66. The Morgan fingerprint density at radius 1 is 1.26 bits per heavy atom. The number of amides is 1. The number of benzene rings is 1. The number of likely N-dealkylation sites (tertiary alicyclic amines) is 1. The van der Waals surface area contributed by atoms with E-state index in [9.17, 15) is 9.90 Å². The molecule has 0 bridgehead atoms. The molecule has 1 aromatic rings. The molecule has 2 unspecified atom stereocenters. The van der Waals surface area contributed by atoms with Crippen molar-refractivity contribution in [1.82, 2.24) is 4.90 Å². The van der Waals surface area contributed by atoms with Crippen molar-refractivity contribution in [3.63, 3.8) is 0 Å². The average Bonchev–Trinajstić information content (AvgIpc) is 3.15. The summed E-state index contributed by atoms with van der Waals surface area (Å²) in [5, 5.41) is 9.76. The van der Waals surface area contributed by atoms with Crippen LogP contribution in [0.15, 0.2) is 24.3 Å². The first-order chi connectivity index (χ1) is 10.7. The van der Waals surface area contributed by atoms with E-state index in [1.807, 2.05) is 11.8 Å². The molecule has 1 aromatic carbocycles. The van der Waals surface area contributed by atoms with Gasteiger partial charge in [0.05, 0.1) is 11.5 Å². The maximum absolute atomic E-state index is 13.0. The average molecular weight is 315 g/mol. The zero-order valence-electron chi connectivity index (χ0n) is 14.8. The van der Waals surface area contributed by atoms with Crippen LogP contribution in [0.1, 0.15) is 58.1 Å². The van der Waals surface area contributed by atoms with Gasteiger partial charge in [-0.2, -0.15) is 0 Å². The molecule has 1 heterocycles. The van der Waals surface area contributed by atoms with Gasteiger partial charge in [0.25, 0.3) is 0 Å². The first kappa shape index (κ1) is 16.5. The Kier molecular flexibility index (Phi) is 4.04. The standard InChI is InChI=1S/C20H29NO2/c1-14(22)15-9-12-21(13-15)18(23)20(10-11-20)17-7-5-16(6-8-17)19(2,3)4/h5-8,14-15,22H,9-13H2,1-4H3. The van der Waals surface area contributed by atoms with Crippen molar-refractivity contribution in [1.29, 1.82) is 0 Å². The van der Waals surface area contributed by atoms with E-state index < -0.39 is 0 Å². The lowest BCUT2D eigenvalue weighted by atomic mass is 9.84. The highest BCUT2D eigenvalue weighted by Gasteiger charge is 2.53. The summed E-state index contributed by atoms with van der Waals surface area (Å²) < 4.78 is 0. The van der Waals surface area contributed by atoms with Crippen LogP contribution >= 0.6 is 0 Å². The van der Waals surface area contributed by atoms with Gasteiger partial charge in [0.15, 0.2) is 0 Å². The lowest BCUT2D eigenvalue weighted by molar-refractivity contribution is -0.133. The Bertz CT molecular complexity index is 579. The summed E-state index contributed by atoms with van der Waals surface area (Å²) in [4.78, 5) is 15.0. The fourth-order valence-electron chi connectivity index (χ4n) is 3.71. The second kappa shape index (κ2) is 5.62. The summed E-state index contributed by atoms with van der Waals surface area (Å²) in [6.45, 7) is 9.95. The molecule has 1 saturated carbocycles. The van der Waals surface area contributed by atoms with E-state index in [1.165, 1.54) is 5.56 Å². The molecule has 1 N–H and O–H groups in total. The Morgan fingerprint density at radius 2 is 1.87 bits per heavy atom. The van der Waals surface area contributed by atoms with Gasteiger partial charge in [0, 0.05) is 19.0 Å². The lowest BCUT2D eigenvalue weighted by Gasteiger charge is -2.25. The molecular weight excluding hydrogens is 286 g/mol. The first-order valence-corrected chi connectivity index (χ1v) is 8.82. The largest absolute Gasteiger partial charge is 0.393 e. The van der Waals surface area contributed by atoms with Gasteiger partial charge in [-0.25, -0.2) is 0 Å². The fraction of sp³-hybridized carbons (Fsp3) is 0.650. The molecule has 0 spiro atoms. The Balaban J connectivity index is 1.76. The Labute approximate surface area is 139 Å². The zero-order valence-corrected chi connectivity index (χ0v) is 14.8. The number of rotatable bonds is 3. The lowest BCUT2D eigenvalue weighted by Crippen LogP contribution is -2.38. The van der Waals surface area contributed by atoms with Crippen molar-refractivity contribution in [3.8, 4) is 0 Å². The molecule has 3 rings (SSSR count). The number of hydrogen-bond acceptors (Lipinski definition) is 2. The maximum atomic E-state index is 13.0. The predicted molar refractivity (Wildman–Crippen MR) is 92.4 cm³/mol. The van der Waals surface area contributed by atoms with Crippen LogP contribution in [0.25, 0.3) is 0 Å². The maximum Gasteiger partial charge on any atom is 0.233 e. The molecule has 23 heavy (non-hydrogen) atoms. The number of nitrogens with zero attached hydrogens (tertiary/aromatic N) is 1. The van der Waals surface area contributed by atoms with Crippen LogP contribution in [0.2, 0.25) is 0 Å². The van der Waals surface area contributed by atoms with E-state index in [-0.39, 0.29) is 28.8 Å². The summed E-state index contributed by atoms with van der Waals surface area (Å²) >= 11 is 0. The van der Waals surface area contributed by atoms with E-state index in [2.05, 4.69) is 45.0 Å². The van der Waals surface area contributed by atoms with Gasteiger partial charge in [-0.3, -0.25) is 4.79 Å². The molecule has 0 aromatic heterocycles. The van der Waals surface area contributed by atoms with Gasteiger partial charge in [0.2, 0.25) is 5.91 Å². The number of aliphatic hydroxyl groups is 1. The van der Waals surface area contributed by atoms with Crippen molar-refractivity contribution < 1.29 is 9.90 Å². The van der Waals surface area contributed by atoms with Gasteiger partial charge >= 0.3 is 0 Å². The number of carbonyl (C=O) groups is 1. The molecule has 126 valence electrons. The van der Waals surface area contributed by atoms with Crippen LogP contribution in [-0.2, 0) is 15.6 Å². The molecule has 3 nitrogen and oxygen atoms in total. The highest BCUT2D eigenvalue weighted by Crippen LogP contribution is 2.50. The van der Waals surface area contributed by atoms with E-state index in [0.717, 1.165) is 31.4 Å². The van der Waals surface area contributed by atoms with Crippen LogP contribution in [0.4, 0.5) is 0 Å².